The van der Waals surface area contributed by atoms with Crippen LogP contribution in [0.5, 0.6) is 5.88 Å². The third kappa shape index (κ3) is 3.77. The first-order chi connectivity index (χ1) is 15.5. The van der Waals surface area contributed by atoms with Gasteiger partial charge < -0.3 is 19.5 Å². The Morgan fingerprint density at radius 3 is 2.81 bits per heavy atom. The zero-order valence-corrected chi connectivity index (χ0v) is 18.8. The largest absolute Gasteiger partial charge is 0.479 e. The standard InChI is InChI=1S/C23H29N7O2/c1-15-7-8-21-24-13-19(30(15)21)18-5-4-6-20(25-18)26-22(31)17-14-29(27-23(17)32-3)16-9-11-28(2)12-10-16/h4-6,13-16H,7-12H2,1-3H3,(H,25,26,31). The van der Waals surface area contributed by atoms with Crippen molar-refractivity contribution in [3.8, 4) is 17.3 Å². The van der Waals surface area contributed by atoms with E-state index in [1.165, 1.54) is 0 Å². The summed E-state index contributed by atoms with van der Waals surface area (Å²) in [4.78, 5) is 24.6. The van der Waals surface area contributed by atoms with Gasteiger partial charge in [0, 0.05) is 18.7 Å². The van der Waals surface area contributed by atoms with Crippen molar-refractivity contribution in [3.63, 3.8) is 0 Å². The van der Waals surface area contributed by atoms with Crippen molar-refractivity contribution < 1.29 is 9.53 Å². The van der Waals surface area contributed by atoms with E-state index in [0.717, 1.165) is 56.0 Å². The number of pyridine rings is 1. The molecule has 5 rings (SSSR count). The second-order valence-corrected chi connectivity index (χ2v) is 8.75. The molecule has 0 radical (unpaired) electrons. The van der Waals surface area contributed by atoms with Gasteiger partial charge in [-0.15, -0.1) is 5.10 Å². The van der Waals surface area contributed by atoms with Crippen LogP contribution >= 0.6 is 0 Å². The fourth-order valence-electron chi connectivity index (χ4n) is 4.69. The van der Waals surface area contributed by atoms with E-state index in [9.17, 15) is 4.79 Å². The molecule has 0 aliphatic carbocycles. The normalized spacial score (nSPS) is 19.2. The Bertz CT molecular complexity index is 1130. The number of piperidine rings is 1. The monoisotopic (exact) mass is 435 g/mol. The molecule has 1 amide bonds. The highest BCUT2D eigenvalue weighted by molar-refractivity contribution is 6.05. The molecule has 0 aromatic carbocycles. The van der Waals surface area contributed by atoms with Gasteiger partial charge >= 0.3 is 0 Å². The molecule has 3 aromatic rings. The van der Waals surface area contributed by atoms with Crippen molar-refractivity contribution in [3.05, 3.63) is 42.0 Å². The zero-order valence-electron chi connectivity index (χ0n) is 18.8. The number of nitrogens with one attached hydrogen (secondary N) is 1. The van der Waals surface area contributed by atoms with E-state index in [2.05, 4.69) is 43.8 Å². The maximum atomic E-state index is 13.1. The molecular formula is C23H29N7O2. The Kier molecular flexibility index (Phi) is 5.42. The Labute approximate surface area is 187 Å². The third-order valence-corrected chi connectivity index (χ3v) is 6.55. The van der Waals surface area contributed by atoms with Crippen molar-refractivity contribution in [2.75, 3.05) is 32.6 Å². The van der Waals surface area contributed by atoms with E-state index in [4.69, 9.17) is 4.74 Å². The van der Waals surface area contributed by atoms with Crippen LogP contribution in [0, 0.1) is 0 Å². The highest BCUT2D eigenvalue weighted by Gasteiger charge is 2.25. The molecule has 5 heterocycles. The van der Waals surface area contributed by atoms with Gasteiger partial charge in [0.25, 0.3) is 5.91 Å². The number of ether oxygens (including phenoxy) is 1. The number of hydrogen-bond donors (Lipinski definition) is 1. The molecule has 0 bridgehead atoms. The van der Waals surface area contributed by atoms with Crippen LogP contribution in [0.4, 0.5) is 5.82 Å². The average Bonchev–Trinajstić information content (AvgIpc) is 3.51. The van der Waals surface area contributed by atoms with Crippen molar-refractivity contribution in [2.45, 2.75) is 44.7 Å². The minimum Gasteiger partial charge on any atom is -0.479 e. The Balaban J connectivity index is 1.36. The van der Waals surface area contributed by atoms with Gasteiger partial charge in [-0.1, -0.05) is 6.07 Å². The lowest BCUT2D eigenvalue weighted by molar-refractivity contribution is 0.102. The first-order valence-electron chi connectivity index (χ1n) is 11.2. The molecule has 9 nitrogen and oxygen atoms in total. The van der Waals surface area contributed by atoms with Crippen LogP contribution in [-0.2, 0) is 6.42 Å². The summed E-state index contributed by atoms with van der Waals surface area (Å²) in [6, 6.07) is 6.31. The molecule has 168 valence electrons. The van der Waals surface area contributed by atoms with Crippen LogP contribution in [0.3, 0.4) is 0 Å². The van der Waals surface area contributed by atoms with Crippen molar-refractivity contribution >= 4 is 11.7 Å². The predicted octanol–water partition coefficient (Wildman–Crippen LogP) is 3.18. The number of rotatable bonds is 5. The number of aromatic nitrogens is 5. The van der Waals surface area contributed by atoms with Crippen LogP contribution in [-0.4, -0.2) is 62.4 Å². The van der Waals surface area contributed by atoms with Crippen molar-refractivity contribution in [2.24, 2.45) is 0 Å². The molecule has 1 N–H and O–H groups in total. The topological polar surface area (TPSA) is 90.1 Å². The van der Waals surface area contributed by atoms with Gasteiger partial charge in [0.05, 0.1) is 30.7 Å². The second kappa shape index (κ2) is 8.38. The van der Waals surface area contributed by atoms with Crippen molar-refractivity contribution in [1.82, 2.24) is 29.2 Å². The summed E-state index contributed by atoms with van der Waals surface area (Å²) in [5, 5.41) is 7.45. The number of likely N-dealkylation sites (tertiary alicyclic amines) is 1. The summed E-state index contributed by atoms with van der Waals surface area (Å²) >= 11 is 0. The summed E-state index contributed by atoms with van der Waals surface area (Å²) in [5.74, 6) is 1.63. The molecule has 2 aliphatic heterocycles. The number of nitrogens with zero attached hydrogens (tertiary/aromatic N) is 6. The highest BCUT2D eigenvalue weighted by Crippen LogP contribution is 2.32. The van der Waals surface area contributed by atoms with Crippen LogP contribution < -0.4 is 10.1 Å². The van der Waals surface area contributed by atoms with E-state index in [1.807, 2.05) is 23.0 Å². The molecule has 0 saturated carbocycles. The fourth-order valence-corrected chi connectivity index (χ4v) is 4.69. The van der Waals surface area contributed by atoms with Crippen LogP contribution in [0.15, 0.2) is 30.6 Å². The lowest BCUT2D eigenvalue weighted by Gasteiger charge is -2.28. The summed E-state index contributed by atoms with van der Waals surface area (Å²) in [7, 11) is 3.66. The minimum absolute atomic E-state index is 0.272. The van der Waals surface area contributed by atoms with Gasteiger partial charge in [-0.05, 0) is 58.5 Å². The first-order valence-corrected chi connectivity index (χ1v) is 11.2. The molecule has 1 unspecified atom stereocenters. The quantitative estimate of drug-likeness (QED) is 0.662. The van der Waals surface area contributed by atoms with Gasteiger partial charge in [-0.3, -0.25) is 9.48 Å². The third-order valence-electron chi connectivity index (χ3n) is 6.55. The molecule has 0 spiro atoms. The van der Waals surface area contributed by atoms with Gasteiger partial charge in [0.15, 0.2) is 0 Å². The van der Waals surface area contributed by atoms with Crippen molar-refractivity contribution in [1.29, 1.82) is 0 Å². The predicted molar refractivity (Wildman–Crippen MR) is 121 cm³/mol. The number of anilines is 1. The number of imidazole rings is 1. The first kappa shape index (κ1) is 20.7. The number of aryl methyl sites for hydroxylation is 1. The molecule has 1 fully saturated rings. The van der Waals surface area contributed by atoms with E-state index in [0.29, 0.717) is 23.3 Å². The Hall–Kier alpha value is -3.20. The number of carbonyl (C=O) groups is 1. The van der Waals surface area contributed by atoms with Crippen LogP contribution in [0.2, 0.25) is 0 Å². The lowest BCUT2D eigenvalue weighted by Crippen LogP contribution is -2.31. The lowest BCUT2D eigenvalue weighted by atomic mass is 10.1. The zero-order chi connectivity index (χ0) is 22.2. The molecule has 9 heteroatoms. The van der Waals surface area contributed by atoms with E-state index < -0.39 is 0 Å². The minimum atomic E-state index is -0.280. The van der Waals surface area contributed by atoms with E-state index >= 15 is 0 Å². The SMILES string of the molecule is COc1nn(C2CCN(C)CC2)cc1C(=O)Nc1cccc(-c2cnc3n2C(C)CC3)n1. The number of hydrogen-bond acceptors (Lipinski definition) is 6. The van der Waals surface area contributed by atoms with Crippen LogP contribution in [0.1, 0.15) is 54.5 Å². The average molecular weight is 436 g/mol. The Morgan fingerprint density at radius 1 is 1.22 bits per heavy atom. The summed E-state index contributed by atoms with van der Waals surface area (Å²) in [6.07, 6.45) is 7.74. The van der Waals surface area contributed by atoms with Gasteiger partial charge in [0.1, 0.15) is 17.2 Å². The van der Waals surface area contributed by atoms with Gasteiger partial charge in [-0.25, -0.2) is 9.97 Å². The summed E-state index contributed by atoms with van der Waals surface area (Å²) in [5.41, 5.74) is 2.19. The molecule has 1 atom stereocenters. The van der Waals surface area contributed by atoms with Gasteiger partial charge in [0.2, 0.25) is 5.88 Å². The Morgan fingerprint density at radius 2 is 2.03 bits per heavy atom. The number of fused-ring (bicyclic) bond motifs is 1. The number of amides is 1. The molecule has 2 aliphatic rings. The summed E-state index contributed by atoms with van der Waals surface area (Å²) < 4.78 is 9.52. The van der Waals surface area contributed by atoms with E-state index in [-0.39, 0.29) is 11.9 Å². The number of methoxy groups -OCH3 is 1. The number of carbonyl (C=O) groups excluding carboxylic acids is 1. The smallest absolute Gasteiger partial charge is 0.263 e. The molecule has 32 heavy (non-hydrogen) atoms. The molecular weight excluding hydrogens is 406 g/mol. The molecule has 3 aromatic heterocycles. The highest BCUT2D eigenvalue weighted by atomic mass is 16.5. The summed E-state index contributed by atoms with van der Waals surface area (Å²) in [6.45, 7) is 4.23. The second-order valence-electron chi connectivity index (χ2n) is 8.75. The van der Waals surface area contributed by atoms with Crippen LogP contribution in [0.25, 0.3) is 11.4 Å². The molecule has 1 saturated heterocycles. The maximum Gasteiger partial charge on any atom is 0.263 e. The van der Waals surface area contributed by atoms with Gasteiger partial charge in [-0.2, -0.15) is 0 Å². The van der Waals surface area contributed by atoms with E-state index in [1.54, 1.807) is 19.4 Å². The fraction of sp³-hybridized carbons (Fsp3) is 0.478. The maximum absolute atomic E-state index is 13.1.